The Bertz CT molecular complexity index is 1360. The number of likely N-dealkylation sites (N-methyl/N-ethyl adjacent to an activating group) is 1. The van der Waals surface area contributed by atoms with Gasteiger partial charge in [-0.1, -0.05) is 38.0 Å². The molecule has 7 rings (SSSR count). The smallest absolute Gasteiger partial charge is 0.246 e. The minimum absolute atomic E-state index is 0.0654. The van der Waals surface area contributed by atoms with Crippen molar-refractivity contribution in [1.82, 2.24) is 24.9 Å². The lowest BCUT2D eigenvalue weighted by Gasteiger charge is -2.61. The molecule has 1 amide bonds. The summed E-state index contributed by atoms with van der Waals surface area (Å²) in [6.45, 7) is 8.50. The van der Waals surface area contributed by atoms with Crippen LogP contribution >= 0.6 is 0 Å². The summed E-state index contributed by atoms with van der Waals surface area (Å²) in [7, 11) is 4.28. The molecule has 1 N–H and O–H groups in total. The second-order valence-electron chi connectivity index (χ2n) is 15.8. The van der Waals surface area contributed by atoms with Gasteiger partial charge >= 0.3 is 0 Å². The molecule has 1 aromatic rings. The number of rotatable bonds is 7. The van der Waals surface area contributed by atoms with E-state index in [0.29, 0.717) is 44.1 Å². The van der Waals surface area contributed by atoms with Gasteiger partial charge in [0.15, 0.2) is 6.35 Å². The van der Waals surface area contributed by atoms with Crippen molar-refractivity contribution in [3.8, 4) is 6.07 Å². The molecule has 6 unspecified atom stereocenters. The van der Waals surface area contributed by atoms with Gasteiger partial charge in [-0.25, -0.2) is 9.29 Å². The summed E-state index contributed by atoms with van der Waals surface area (Å²) in [6.07, 6.45) is 14.3. The number of para-hydroxylation sites is 1. The topological polar surface area (TPSA) is 78.3 Å². The highest BCUT2D eigenvalue weighted by Crippen LogP contribution is 2.51. The highest BCUT2D eigenvalue weighted by molar-refractivity contribution is 5.87. The molecular weight excluding hydrogens is 605 g/mol. The minimum Gasteiger partial charge on any atom is -0.371 e. The number of nitrogens with one attached hydrogen (secondary N) is 1. The number of amides is 1. The van der Waals surface area contributed by atoms with E-state index in [1.54, 1.807) is 6.07 Å². The quantitative estimate of drug-likeness (QED) is 0.427. The van der Waals surface area contributed by atoms with Crippen molar-refractivity contribution < 1.29 is 13.9 Å². The number of anilines is 1. The van der Waals surface area contributed by atoms with Gasteiger partial charge in [0.2, 0.25) is 5.91 Å². The summed E-state index contributed by atoms with van der Waals surface area (Å²) in [6, 6.07) is 8.90. The number of benzene rings is 1. The van der Waals surface area contributed by atoms with Crippen LogP contribution in [0.5, 0.6) is 0 Å². The first-order valence-electron chi connectivity index (χ1n) is 18.7. The number of fused-ring (bicyclic) bond motifs is 2. The molecule has 4 aliphatic heterocycles. The molecular formula is C38H56FN7O2. The maximum Gasteiger partial charge on any atom is 0.246 e. The highest BCUT2D eigenvalue weighted by Gasteiger charge is 2.55. The number of piperazine rings is 1. The zero-order chi connectivity index (χ0) is 33.4. The first kappa shape index (κ1) is 33.9. The normalized spacial score (nSPS) is 35.3. The van der Waals surface area contributed by atoms with E-state index in [4.69, 9.17) is 4.74 Å². The van der Waals surface area contributed by atoms with Crippen LogP contribution in [0.2, 0.25) is 0 Å². The standard InChI is InChI=1S/C38H56FN7O2/c1-4-34(47)45-21-20-44(24-29(45)16-18-40)36-31-15-17-38(22-27-10-8-14-32(39)35(27)43(3)26-38)23-33(31)41-37(46(36)28-11-6-5-7-12-28)48-25-30-13-9-19-42(30)2/h4,8,10,14,28-31,33,36-37,41H,1,5-7,9,11-13,15-17,19-26H2,2-3H3/t29?,30?,31?,33?,36?,37?,38-/m0/s1. The summed E-state index contributed by atoms with van der Waals surface area (Å²) < 4.78 is 22.0. The number of ether oxygens (including phenoxy) is 1. The van der Waals surface area contributed by atoms with Crippen LogP contribution in [0, 0.1) is 28.5 Å². The summed E-state index contributed by atoms with van der Waals surface area (Å²) >= 11 is 0. The van der Waals surface area contributed by atoms with Crippen LogP contribution in [-0.4, -0.2) is 116 Å². The zero-order valence-electron chi connectivity index (χ0n) is 29.2. The van der Waals surface area contributed by atoms with E-state index in [1.807, 2.05) is 11.0 Å². The molecule has 9 nitrogen and oxygen atoms in total. The third-order valence-electron chi connectivity index (χ3n) is 12.9. The van der Waals surface area contributed by atoms with E-state index in [0.717, 1.165) is 56.6 Å². The van der Waals surface area contributed by atoms with E-state index in [1.165, 1.54) is 51.0 Å². The molecule has 0 bridgehead atoms. The van der Waals surface area contributed by atoms with Gasteiger partial charge in [-0.3, -0.25) is 15.0 Å². The molecule has 2 aliphatic carbocycles. The zero-order valence-corrected chi connectivity index (χ0v) is 29.2. The average Bonchev–Trinajstić information content (AvgIpc) is 3.50. The number of carbonyl (C=O) groups is 1. The van der Waals surface area contributed by atoms with Gasteiger partial charge in [0.25, 0.3) is 0 Å². The van der Waals surface area contributed by atoms with Gasteiger partial charge in [-0.2, -0.15) is 5.26 Å². The maximum atomic E-state index is 15.0. The van der Waals surface area contributed by atoms with Crippen LogP contribution in [0.1, 0.15) is 76.2 Å². The van der Waals surface area contributed by atoms with E-state index in [-0.39, 0.29) is 41.7 Å². The Morgan fingerprint density at radius 1 is 1.12 bits per heavy atom. The van der Waals surface area contributed by atoms with Crippen molar-refractivity contribution in [1.29, 1.82) is 5.26 Å². The Morgan fingerprint density at radius 2 is 1.96 bits per heavy atom. The number of nitriles is 1. The third-order valence-corrected chi connectivity index (χ3v) is 12.9. The summed E-state index contributed by atoms with van der Waals surface area (Å²) in [4.78, 5) is 24.7. The van der Waals surface area contributed by atoms with Crippen LogP contribution in [0.3, 0.4) is 0 Å². The fourth-order valence-electron chi connectivity index (χ4n) is 10.6. The van der Waals surface area contributed by atoms with Gasteiger partial charge in [-0.05, 0) is 88.1 Å². The molecule has 10 heteroatoms. The molecule has 48 heavy (non-hydrogen) atoms. The second-order valence-corrected chi connectivity index (χ2v) is 15.8. The van der Waals surface area contributed by atoms with E-state index in [9.17, 15) is 14.4 Å². The molecule has 2 saturated carbocycles. The number of hydrogen-bond donors (Lipinski definition) is 1. The fourth-order valence-corrected chi connectivity index (χ4v) is 10.6. The number of hydrogen-bond acceptors (Lipinski definition) is 8. The van der Waals surface area contributed by atoms with Crippen LogP contribution in [0.4, 0.5) is 10.1 Å². The van der Waals surface area contributed by atoms with Crippen LogP contribution < -0.4 is 10.2 Å². The van der Waals surface area contributed by atoms with Crippen LogP contribution in [0.25, 0.3) is 0 Å². The number of halogens is 1. The SMILES string of the molecule is C=CC(=O)N1CCN(C2C3CC[C@]4(Cc5cccc(F)c5N(C)C4)CC3NC(OCC3CCCN3C)N2C2CCCCC2)CC1CC#N. The van der Waals surface area contributed by atoms with Gasteiger partial charge < -0.3 is 19.4 Å². The lowest BCUT2D eigenvalue weighted by molar-refractivity contribution is -0.219. The molecule has 0 radical (unpaired) electrons. The summed E-state index contributed by atoms with van der Waals surface area (Å²) in [5, 5.41) is 14.0. The molecule has 1 aromatic carbocycles. The van der Waals surface area contributed by atoms with Crippen molar-refractivity contribution in [3.63, 3.8) is 0 Å². The summed E-state index contributed by atoms with van der Waals surface area (Å²) in [5.41, 5.74) is 1.95. The molecule has 4 heterocycles. The predicted octanol–water partition coefficient (Wildman–Crippen LogP) is 4.54. The van der Waals surface area contributed by atoms with Gasteiger partial charge in [0, 0.05) is 57.3 Å². The third kappa shape index (κ3) is 6.54. The van der Waals surface area contributed by atoms with Crippen molar-refractivity contribution >= 4 is 11.6 Å². The van der Waals surface area contributed by atoms with E-state index in [2.05, 4.69) is 57.7 Å². The van der Waals surface area contributed by atoms with Crippen LogP contribution in [0.15, 0.2) is 30.9 Å². The molecule has 3 saturated heterocycles. The Labute approximate surface area is 287 Å². The van der Waals surface area contributed by atoms with Crippen molar-refractivity contribution in [2.75, 3.05) is 58.3 Å². The molecule has 5 fully saturated rings. The van der Waals surface area contributed by atoms with Crippen molar-refractivity contribution in [3.05, 3.63) is 42.2 Å². The average molecular weight is 662 g/mol. The Balaban J connectivity index is 1.22. The maximum absolute atomic E-state index is 15.0. The molecule has 262 valence electrons. The highest BCUT2D eigenvalue weighted by atomic mass is 19.1. The number of nitrogens with zero attached hydrogens (tertiary/aromatic N) is 6. The second kappa shape index (κ2) is 14.4. The molecule has 1 spiro atoms. The van der Waals surface area contributed by atoms with E-state index < -0.39 is 0 Å². The van der Waals surface area contributed by atoms with Crippen molar-refractivity contribution in [2.45, 2.75) is 114 Å². The first-order valence-corrected chi connectivity index (χ1v) is 18.7. The molecule has 0 aromatic heterocycles. The van der Waals surface area contributed by atoms with Gasteiger partial charge in [0.1, 0.15) is 5.82 Å². The Kier molecular flexibility index (Phi) is 10.1. The Hall–Kier alpha value is -2.55. The first-order chi connectivity index (χ1) is 23.3. The lowest BCUT2D eigenvalue weighted by Crippen LogP contribution is -2.75. The van der Waals surface area contributed by atoms with Gasteiger partial charge in [0.05, 0.1) is 37.0 Å². The van der Waals surface area contributed by atoms with Crippen molar-refractivity contribution in [2.24, 2.45) is 11.3 Å². The Morgan fingerprint density at radius 3 is 2.71 bits per heavy atom. The number of likely N-dealkylation sites (tertiary alicyclic amines) is 1. The predicted molar refractivity (Wildman–Crippen MR) is 185 cm³/mol. The van der Waals surface area contributed by atoms with Crippen LogP contribution in [-0.2, 0) is 16.0 Å². The molecule has 7 atom stereocenters. The van der Waals surface area contributed by atoms with E-state index >= 15 is 0 Å². The largest absolute Gasteiger partial charge is 0.371 e. The lowest BCUT2D eigenvalue weighted by atomic mass is 9.62. The fraction of sp³-hybridized carbons (Fsp3) is 0.737. The van der Waals surface area contributed by atoms with Gasteiger partial charge in [-0.15, -0.1) is 0 Å². The summed E-state index contributed by atoms with van der Waals surface area (Å²) in [5.74, 6) is 0.181. The molecule has 6 aliphatic rings. The number of carbonyl (C=O) groups excluding carboxylic acids is 1. The monoisotopic (exact) mass is 661 g/mol. The minimum atomic E-state index is -0.197.